The highest BCUT2D eigenvalue weighted by molar-refractivity contribution is 7.99. The van der Waals surface area contributed by atoms with Crippen molar-refractivity contribution in [1.82, 2.24) is 9.80 Å². The molecule has 3 aromatic carbocycles. The number of aryl methyl sites for hydroxylation is 1. The number of carbonyl (C=O) groups is 2. The first-order chi connectivity index (χ1) is 17.4. The first kappa shape index (κ1) is 24.7. The van der Waals surface area contributed by atoms with Crippen LogP contribution in [0.5, 0.6) is 0 Å². The zero-order valence-corrected chi connectivity index (χ0v) is 21.5. The van der Waals surface area contributed by atoms with Gasteiger partial charge in [-0.3, -0.25) is 9.59 Å². The molecule has 2 aliphatic heterocycles. The van der Waals surface area contributed by atoms with Gasteiger partial charge in [0.1, 0.15) is 17.2 Å². The number of amides is 2. The Morgan fingerprint density at radius 1 is 0.944 bits per heavy atom. The molecule has 0 spiro atoms. The highest BCUT2D eigenvalue weighted by atomic mass is 35.5. The fourth-order valence-corrected chi connectivity index (χ4v) is 6.37. The zero-order chi connectivity index (χ0) is 25.2. The van der Waals surface area contributed by atoms with Crippen LogP contribution >= 0.6 is 23.4 Å². The minimum absolute atomic E-state index is 0.0624. The van der Waals surface area contributed by atoms with Gasteiger partial charge in [0.05, 0.1) is 0 Å². The number of rotatable bonds is 4. The van der Waals surface area contributed by atoms with E-state index in [1.807, 2.05) is 54.3 Å². The summed E-state index contributed by atoms with van der Waals surface area (Å²) in [5, 5.41) is 0.249. The van der Waals surface area contributed by atoms with Crippen LogP contribution in [0.15, 0.2) is 72.8 Å². The van der Waals surface area contributed by atoms with E-state index >= 15 is 0 Å². The highest BCUT2D eigenvalue weighted by Gasteiger charge is 2.44. The van der Waals surface area contributed by atoms with E-state index in [0.29, 0.717) is 48.1 Å². The topological polar surface area (TPSA) is 43.9 Å². The number of anilines is 1. The Bertz CT molecular complexity index is 1260. The molecular weight excluding hydrogens is 497 g/mol. The third-order valence-corrected chi connectivity index (χ3v) is 8.28. The number of piperazine rings is 1. The van der Waals surface area contributed by atoms with Crippen molar-refractivity contribution in [1.29, 1.82) is 0 Å². The summed E-state index contributed by atoms with van der Waals surface area (Å²) in [5.41, 5.74) is 3.29. The van der Waals surface area contributed by atoms with Crippen molar-refractivity contribution >= 4 is 40.9 Å². The van der Waals surface area contributed by atoms with Gasteiger partial charge in [-0.15, -0.1) is 11.8 Å². The van der Waals surface area contributed by atoms with Gasteiger partial charge in [0.2, 0.25) is 5.91 Å². The van der Waals surface area contributed by atoms with Crippen LogP contribution < -0.4 is 4.90 Å². The van der Waals surface area contributed by atoms with E-state index in [-0.39, 0.29) is 17.6 Å². The number of halogens is 2. The van der Waals surface area contributed by atoms with Crippen molar-refractivity contribution in [3.8, 4) is 0 Å². The van der Waals surface area contributed by atoms with E-state index in [4.69, 9.17) is 11.6 Å². The summed E-state index contributed by atoms with van der Waals surface area (Å²) in [6.07, 6.45) is 0. The monoisotopic (exact) mass is 523 g/mol. The molecule has 5 nitrogen and oxygen atoms in total. The maximum atomic E-state index is 14.1. The first-order valence-corrected chi connectivity index (χ1v) is 13.4. The minimum Gasteiger partial charge on any atom is -0.368 e. The quantitative estimate of drug-likeness (QED) is 0.460. The maximum absolute atomic E-state index is 14.1. The maximum Gasteiger partial charge on any atom is 0.255 e. The molecule has 36 heavy (non-hydrogen) atoms. The molecule has 2 amide bonds. The normalized spacial score (nSPS) is 20.0. The molecule has 0 radical (unpaired) electrons. The van der Waals surface area contributed by atoms with Gasteiger partial charge in [0.25, 0.3) is 5.91 Å². The fraction of sp³-hybridized carbons (Fsp3) is 0.286. The van der Waals surface area contributed by atoms with Crippen LogP contribution in [0.1, 0.15) is 26.9 Å². The van der Waals surface area contributed by atoms with E-state index < -0.39 is 11.4 Å². The van der Waals surface area contributed by atoms with Gasteiger partial charge in [0, 0.05) is 48.2 Å². The van der Waals surface area contributed by atoms with Gasteiger partial charge in [-0.05, 0) is 55.0 Å². The SMILES string of the molecule is Cc1ccc(C(=O)N2C(C(=O)N3CCN(c4cccc(Cl)c4)CC3)CSC2c2cccc(F)c2)cc1. The zero-order valence-electron chi connectivity index (χ0n) is 19.9. The van der Waals surface area contributed by atoms with E-state index in [2.05, 4.69) is 4.90 Å². The largest absolute Gasteiger partial charge is 0.368 e. The van der Waals surface area contributed by atoms with Crippen LogP contribution in [0.3, 0.4) is 0 Å². The second kappa shape index (κ2) is 10.5. The molecule has 2 atom stereocenters. The predicted molar refractivity (Wildman–Crippen MR) is 143 cm³/mol. The molecule has 2 heterocycles. The molecule has 2 saturated heterocycles. The van der Waals surface area contributed by atoms with Gasteiger partial charge in [-0.25, -0.2) is 4.39 Å². The lowest BCUT2D eigenvalue weighted by atomic mass is 10.1. The molecule has 0 aromatic heterocycles. The smallest absolute Gasteiger partial charge is 0.255 e. The van der Waals surface area contributed by atoms with Crippen LogP contribution in [0.4, 0.5) is 10.1 Å². The van der Waals surface area contributed by atoms with E-state index in [0.717, 1.165) is 11.3 Å². The molecule has 2 aliphatic rings. The lowest BCUT2D eigenvalue weighted by Crippen LogP contribution is -2.55. The fourth-order valence-electron chi connectivity index (χ4n) is 4.78. The van der Waals surface area contributed by atoms with Crippen molar-refractivity contribution in [3.05, 3.63) is 100 Å². The number of carbonyl (C=O) groups excluding carboxylic acids is 2. The second-order valence-electron chi connectivity index (χ2n) is 9.13. The Morgan fingerprint density at radius 2 is 1.67 bits per heavy atom. The van der Waals surface area contributed by atoms with Crippen molar-refractivity contribution in [2.75, 3.05) is 36.8 Å². The number of hydrogen-bond acceptors (Lipinski definition) is 4. The molecule has 3 aromatic rings. The Balaban J connectivity index is 1.37. The summed E-state index contributed by atoms with van der Waals surface area (Å²) in [5.74, 6) is -0.174. The van der Waals surface area contributed by atoms with E-state index in [1.54, 1.807) is 23.1 Å². The Kier molecular flexibility index (Phi) is 7.21. The summed E-state index contributed by atoms with van der Waals surface area (Å²) < 4.78 is 14.1. The molecule has 2 unspecified atom stereocenters. The molecule has 5 rings (SSSR count). The minimum atomic E-state index is -0.616. The van der Waals surface area contributed by atoms with Gasteiger partial charge >= 0.3 is 0 Å². The van der Waals surface area contributed by atoms with Crippen LogP contribution in [0.2, 0.25) is 5.02 Å². The van der Waals surface area contributed by atoms with Crippen LogP contribution in [-0.4, -0.2) is 59.6 Å². The lowest BCUT2D eigenvalue weighted by Gasteiger charge is -2.39. The summed E-state index contributed by atoms with van der Waals surface area (Å²) in [6, 6.07) is 20.7. The van der Waals surface area contributed by atoms with Gasteiger partial charge in [-0.1, -0.05) is 47.5 Å². The molecular formula is C28H27ClFN3O2S. The van der Waals surface area contributed by atoms with E-state index in [9.17, 15) is 14.0 Å². The molecule has 8 heteroatoms. The molecule has 0 aliphatic carbocycles. The average Bonchev–Trinajstić information content (AvgIpc) is 3.34. The van der Waals surface area contributed by atoms with Crippen molar-refractivity contribution < 1.29 is 14.0 Å². The Hall–Kier alpha value is -3.03. The van der Waals surface area contributed by atoms with Gasteiger partial charge < -0.3 is 14.7 Å². The average molecular weight is 524 g/mol. The Morgan fingerprint density at radius 3 is 2.36 bits per heavy atom. The molecule has 2 fully saturated rings. The van der Waals surface area contributed by atoms with Crippen LogP contribution in [0, 0.1) is 12.7 Å². The molecule has 0 N–H and O–H groups in total. The van der Waals surface area contributed by atoms with Gasteiger partial charge in [-0.2, -0.15) is 0 Å². The third-order valence-electron chi connectivity index (χ3n) is 6.72. The first-order valence-electron chi connectivity index (χ1n) is 12.0. The molecule has 186 valence electrons. The standard InChI is InChI=1S/C28H27ClFN3O2S/c1-19-8-10-20(11-9-19)26(34)33-25(18-36-28(33)21-4-2-6-23(30)16-21)27(35)32-14-12-31(13-15-32)24-7-3-5-22(29)17-24/h2-11,16-17,25,28H,12-15,18H2,1H3. The predicted octanol–water partition coefficient (Wildman–Crippen LogP) is 5.39. The Labute approximate surface area is 219 Å². The number of thioether (sulfide) groups is 1. The van der Waals surface area contributed by atoms with Crippen molar-refractivity contribution in [2.45, 2.75) is 18.3 Å². The third kappa shape index (κ3) is 5.08. The summed E-state index contributed by atoms with van der Waals surface area (Å²) in [6.45, 7) is 4.45. The highest BCUT2D eigenvalue weighted by Crippen LogP contribution is 2.43. The molecule has 0 bridgehead atoms. The lowest BCUT2D eigenvalue weighted by molar-refractivity contribution is -0.135. The van der Waals surface area contributed by atoms with Crippen molar-refractivity contribution in [3.63, 3.8) is 0 Å². The molecule has 0 saturated carbocycles. The number of nitrogens with zero attached hydrogens (tertiary/aromatic N) is 3. The second-order valence-corrected chi connectivity index (χ2v) is 10.7. The number of hydrogen-bond donors (Lipinski definition) is 0. The summed E-state index contributed by atoms with van der Waals surface area (Å²) >= 11 is 7.66. The van der Waals surface area contributed by atoms with Crippen LogP contribution in [-0.2, 0) is 4.79 Å². The van der Waals surface area contributed by atoms with E-state index in [1.165, 1.54) is 23.9 Å². The van der Waals surface area contributed by atoms with Crippen LogP contribution in [0.25, 0.3) is 0 Å². The summed E-state index contributed by atoms with van der Waals surface area (Å²) in [7, 11) is 0. The van der Waals surface area contributed by atoms with Crippen molar-refractivity contribution in [2.24, 2.45) is 0 Å². The number of benzene rings is 3. The van der Waals surface area contributed by atoms with Gasteiger partial charge in [0.15, 0.2) is 0 Å². The summed E-state index contributed by atoms with van der Waals surface area (Å²) in [4.78, 5) is 33.2.